The molecule has 0 aliphatic heterocycles. The van der Waals surface area contributed by atoms with Crippen LogP contribution in [0, 0.1) is 0 Å². The molecule has 2 aromatic rings. The Morgan fingerprint density at radius 2 is 1.82 bits per heavy atom. The van der Waals surface area contributed by atoms with Crippen LogP contribution in [0.2, 0.25) is 0 Å². The lowest BCUT2D eigenvalue weighted by molar-refractivity contribution is 0.482. The fraction of sp³-hybridized carbons (Fsp3) is 0.176. The van der Waals surface area contributed by atoms with E-state index in [9.17, 15) is 0 Å². The number of para-hydroxylation sites is 1. The summed E-state index contributed by atoms with van der Waals surface area (Å²) >= 11 is 5.10. The number of nitrogens with zero attached hydrogens (tertiary/aromatic N) is 1. The average molecular weight is 313 g/mol. The minimum absolute atomic E-state index is 0.276. The molecule has 2 N–H and O–H groups in total. The normalized spacial score (nSPS) is 10.7. The molecule has 114 valence electrons. The molecule has 0 atom stereocenters. The number of rotatable bonds is 5. The van der Waals surface area contributed by atoms with E-state index in [1.54, 1.807) is 6.21 Å². The Labute approximate surface area is 136 Å². The van der Waals surface area contributed by atoms with Crippen LogP contribution >= 0.6 is 12.2 Å². The molecule has 0 amide bonds. The molecule has 4 nitrogen and oxygen atoms in total. The van der Waals surface area contributed by atoms with E-state index in [4.69, 9.17) is 17.0 Å². The van der Waals surface area contributed by atoms with E-state index in [0.717, 1.165) is 17.1 Å². The standard InChI is InChI=1S/C17H19N3OS/c1-13(2)19-17(22)20-18-12-14-7-6-10-16(11-14)21-15-8-4-3-5-9-15/h3-13H,1-2H3,(H2,19,20,22)/b18-12-. The van der Waals surface area contributed by atoms with Crippen molar-refractivity contribution >= 4 is 23.5 Å². The van der Waals surface area contributed by atoms with Crippen molar-refractivity contribution < 1.29 is 4.74 Å². The van der Waals surface area contributed by atoms with Crippen LogP contribution in [-0.4, -0.2) is 17.4 Å². The summed E-state index contributed by atoms with van der Waals surface area (Å²) in [7, 11) is 0. The van der Waals surface area contributed by atoms with Crippen molar-refractivity contribution in [3.05, 3.63) is 60.2 Å². The maximum Gasteiger partial charge on any atom is 0.187 e. The molecule has 0 unspecified atom stereocenters. The van der Waals surface area contributed by atoms with Gasteiger partial charge in [-0.15, -0.1) is 0 Å². The predicted octanol–water partition coefficient (Wildman–Crippen LogP) is 3.69. The third kappa shape index (κ3) is 5.54. The molecular formula is C17H19N3OS. The molecule has 22 heavy (non-hydrogen) atoms. The zero-order chi connectivity index (χ0) is 15.8. The van der Waals surface area contributed by atoms with Gasteiger partial charge in [-0.3, -0.25) is 5.43 Å². The lowest BCUT2D eigenvalue weighted by Crippen LogP contribution is -2.36. The van der Waals surface area contributed by atoms with Crippen molar-refractivity contribution in [2.45, 2.75) is 19.9 Å². The van der Waals surface area contributed by atoms with Gasteiger partial charge in [0.2, 0.25) is 0 Å². The van der Waals surface area contributed by atoms with Crippen molar-refractivity contribution in [2.24, 2.45) is 5.10 Å². The van der Waals surface area contributed by atoms with Gasteiger partial charge in [0.25, 0.3) is 0 Å². The molecule has 0 saturated carbocycles. The second kappa shape index (κ2) is 8.14. The SMILES string of the molecule is CC(C)NC(=S)N/N=C\c1cccc(Oc2ccccc2)c1. The fourth-order valence-corrected chi connectivity index (χ4v) is 2.03. The molecule has 0 fully saturated rings. The molecule has 0 aliphatic rings. The van der Waals surface area contributed by atoms with Gasteiger partial charge in [-0.2, -0.15) is 5.10 Å². The lowest BCUT2D eigenvalue weighted by Gasteiger charge is -2.09. The summed E-state index contributed by atoms with van der Waals surface area (Å²) in [5.41, 5.74) is 3.70. The molecule has 0 spiro atoms. The maximum atomic E-state index is 5.78. The molecule has 0 saturated heterocycles. The average Bonchev–Trinajstić information content (AvgIpc) is 2.48. The van der Waals surface area contributed by atoms with Crippen molar-refractivity contribution in [2.75, 3.05) is 0 Å². The third-order valence-electron chi connectivity index (χ3n) is 2.64. The Bertz CT molecular complexity index is 641. The van der Waals surface area contributed by atoms with Crippen molar-refractivity contribution in [1.29, 1.82) is 0 Å². The Balaban J connectivity index is 1.95. The molecule has 5 heteroatoms. The zero-order valence-corrected chi connectivity index (χ0v) is 13.4. The van der Waals surface area contributed by atoms with E-state index in [1.165, 1.54) is 0 Å². The summed E-state index contributed by atoms with van der Waals surface area (Å²) in [4.78, 5) is 0. The van der Waals surface area contributed by atoms with E-state index < -0.39 is 0 Å². The molecule has 0 radical (unpaired) electrons. The third-order valence-corrected chi connectivity index (χ3v) is 2.85. The van der Waals surface area contributed by atoms with Gasteiger partial charge in [0.05, 0.1) is 6.21 Å². The summed E-state index contributed by atoms with van der Waals surface area (Å²) in [5, 5.41) is 7.67. The zero-order valence-electron chi connectivity index (χ0n) is 12.6. The Hall–Kier alpha value is -2.40. The van der Waals surface area contributed by atoms with Crippen LogP contribution in [-0.2, 0) is 0 Å². The van der Waals surface area contributed by atoms with Gasteiger partial charge < -0.3 is 10.1 Å². The summed E-state index contributed by atoms with van der Waals surface area (Å²) in [6, 6.07) is 17.6. The number of thiocarbonyl (C=S) groups is 1. The summed E-state index contributed by atoms with van der Waals surface area (Å²) in [6.07, 6.45) is 1.70. The summed E-state index contributed by atoms with van der Waals surface area (Å²) < 4.78 is 5.78. The molecule has 2 rings (SSSR count). The minimum Gasteiger partial charge on any atom is -0.457 e. The van der Waals surface area contributed by atoms with E-state index in [1.807, 2.05) is 68.4 Å². The van der Waals surface area contributed by atoms with Crippen LogP contribution in [0.5, 0.6) is 11.5 Å². The number of hydrogen-bond donors (Lipinski definition) is 2. The highest BCUT2D eigenvalue weighted by atomic mass is 32.1. The Kier molecular flexibility index (Phi) is 5.91. The van der Waals surface area contributed by atoms with Crippen LogP contribution in [0.15, 0.2) is 59.7 Å². The lowest BCUT2D eigenvalue weighted by atomic mass is 10.2. The first kappa shape index (κ1) is 16.0. The van der Waals surface area contributed by atoms with Crippen LogP contribution in [0.1, 0.15) is 19.4 Å². The molecular weight excluding hydrogens is 294 g/mol. The second-order valence-electron chi connectivity index (χ2n) is 4.99. The van der Waals surface area contributed by atoms with Gasteiger partial charge in [0.15, 0.2) is 5.11 Å². The first-order valence-electron chi connectivity index (χ1n) is 7.06. The molecule has 0 aliphatic carbocycles. The van der Waals surface area contributed by atoms with E-state index in [0.29, 0.717) is 5.11 Å². The van der Waals surface area contributed by atoms with Gasteiger partial charge in [0.1, 0.15) is 11.5 Å². The van der Waals surface area contributed by atoms with Gasteiger partial charge in [0, 0.05) is 6.04 Å². The predicted molar refractivity (Wildman–Crippen MR) is 94.6 cm³/mol. The first-order valence-corrected chi connectivity index (χ1v) is 7.47. The van der Waals surface area contributed by atoms with Crippen LogP contribution in [0.4, 0.5) is 0 Å². The van der Waals surface area contributed by atoms with Crippen LogP contribution in [0.25, 0.3) is 0 Å². The molecule has 0 bridgehead atoms. The minimum atomic E-state index is 0.276. The van der Waals surface area contributed by atoms with Crippen molar-refractivity contribution in [1.82, 2.24) is 10.7 Å². The fourth-order valence-electron chi connectivity index (χ4n) is 1.74. The molecule has 0 heterocycles. The second-order valence-corrected chi connectivity index (χ2v) is 5.39. The highest BCUT2D eigenvalue weighted by Gasteiger charge is 1.98. The maximum absolute atomic E-state index is 5.78. The van der Waals surface area contributed by atoms with Gasteiger partial charge >= 0.3 is 0 Å². The summed E-state index contributed by atoms with van der Waals surface area (Å²) in [6.45, 7) is 4.03. The summed E-state index contributed by atoms with van der Waals surface area (Å²) in [5.74, 6) is 1.56. The van der Waals surface area contributed by atoms with Gasteiger partial charge in [-0.05, 0) is 55.9 Å². The Morgan fingerprint density at radius 3 is 2.55 bits per heavy atom. The van der Waals surface area contributed by atoms with Gasteiger partial charge in [-0.1, -0.05) is 30.3 Å². The number of nitrogens with one attached hydrogen (secondary N) is 2. The Morgan fingerprint density at radius 1 is 1.09 bits per heavy atom. The molecule has 2 aromatic carbocycles. The topological polar surface area (TPSA) is 45.7 Å². The highest BCUT2D eigenvalue weighted by molar-refractivity contribution is 7.80. The van der Waals surface area contributed by atoms with Crippen molar-refractivity contribution in [3.8, 4) is 11.5 Å². The van der Waals surface area contributed by atoms with E-state index >= 15 is 0 Å². The number of hydrazone groups is 1. The van der Waals surface area contributed by atoms with Gasteiger partial charge in [-0.25, -0.2) is 0 Å². The largest absolute Gasteiger partial charge is 0.457 e. The number of hydrogen-bond acceptors (Lipinski definition) is 3. The van der Waals surface area contributed by atoms with Crippen LogP contribution < -0.4 is 15.5 Å². The highest BCUT2D eigenvalue weighted by Crippen LogP contribution is 2.21. The monoisotopic (exact) mass is 313 g/mol. The quantitative estimate of drug-likeness (QED) is 0.502. The van der Waals surface area contributed by atoms with E-state index in [2.05, 4.69) is 15.8 Å². The molecule has 0 aromatic heterocycles. The van der Waals surface area contributed by atoms with E-state index in [-0.39, 0.29) is 6.04 Å². The number of benzene rings is 2. The van der Waals surface area contributed by atoms with Crippen molar-refractivity contribution in [3.63, 3.8) is 0 Å². The first-order chi connectivity index (χ1) is 10.6. The number of ether oxygens (including phenoxy) is 1. The smallest absolute Gasteiger partial charge is 0.187 e. The van der Waals surface area contributed by atoms with Crippen LogP contribution in [0.3, 0.4) is 0 Å².